The summed E-state index contributed by atoms with van der Waals surface area (Å²) < 4.78 is 14.2. The zero-order chi connectivity index (χ0) is 22.6. The summed E-state index contributed by atoms with van der Waals surface area (Å²) in [6.07, 6.45) is 0.569. The van der Waals surface area contributed by atoms with Crippen molar-refractivity contribution in [3.8, 4) is 0 Å². The van der Waals surface area contributed by atoms with Gasteiger partial charge in [-0.1, -0.05) is 81.1 Å². The third kappa shape index (κ3) is 5.68. The average Bonchev–Trinajstić information content (AvgIpc) is 2.80. The fourth-order valence-corrected chi connectivity index (χ4v) is 4.67. The topological polar surface area (TPSA) is 30.5 Å². The molecular formula is C25H23BrCl3NO2. The third-order valence-corrected chi connectivity index (χ3v) is 7.22. The van der Waals surface area contributed by atoms with Crippen LogP contribution in [0, 0.1) is 0 Å². The normalized spacial score (nSPS) is 20.9. The molecule has 1 heterocycles. The highest BCUT2D eigenvalue weighted by atomic mass is 79.9. The Morgan fingerprint density at radius 1 is 0.875 bits per heavy atom. The van der Waals surface area contributed by atoms with Gasteiger partial charge in [-0.3, -0.25) is 0 Å². The molecule has 0 unspecified atom stereocenters. The van der Waals surface area contributed by atoms with E-state index in [1.54, 1.807) is 6.07 Å². The van der Waals surface area contributed by atoms with E-state index < -0.39 is 5.60 Å². The van der Waals surface area contributed by atoms with Crippen molar-refractivity contribution in [2.45, 2.75) is 31.3 Å². The lowest BCUT2D eigenvalue weighted by molar-refractivity contribution is -0.176. The number of nitrogens with one attached hydrogen (secondary N) is 1. The van der Waals surface area contributed by atoms with Crippen molar-refractivity contribution < 1.29 is 9.47 Å². The van der Waals surface area contributed by atoms with Crippen LogP contribution in [-0.4, -0.2) is 19.2 Å². The minimum absolute atomic E-state index is 0.206. The Morgan fingerprint density at radius 2 is 1.59 bits per heavy atom. The number of ether oxygens (including phenoxy) is 2. The molecule has 0 amide bonds. The van der Waals surface area contributed by atoms with E-state index in [4.69, 9.17) is 44.3 Å². The first-order valence-corrected chi connectivity index (χ1v) is 12.3. The molecule has 0 aromatic heterocycles. The van der Waals surface area contributed by atoms with Crippen LogP contribution < -0.4 is 5.32 Å². The SMILES string of the molecule is Clc1ccc([C@@]2(OCc3ccc(Br)cc3)CCNC[C@@H]2OCc2ccc(Cl)c(Cl)c2)cc1. The third-order valence-electron chi connectivity index (χ3n) is 5.70. The van der Waals surface area contributed by atoms with Crippen LogP contribution in [0.4, 0.5) is 0 Å². The Kier molecular flexibility index (Phi) is 8.17. The molecule has 2 atom stereocenters. The van der Waals surface area contributed by atoms with Gasteiger partial charge in [-0.05, 0) is 66.1 Å². The summed E-state index contributed by atoms with van der Waals surface area (Å²) in [5.74, 6) is 0. The number of benzene rings is 3. The zero-order valence-corrected chi connectivity index (χ0v) is 21.1. The van der Waals surface area contributed by atoms with Crippen LogP contribution in [0.15, 0.2) is 71.2 Å². The van der Waals surface area contributed by atoms with Gasteiger partial charge in [0.05, 0.1) is 23.3 Å². The predicted molar refractivity (Wildman–Crippen MR) is 135 cm³/mol. The number of hydrogen-bond donors (Lipinski definition) is 1. The molecule has 0 saturated carbocycles. The Morgan fingerprint density at radius 3 is 2.31 bits per heavy atom. The smallest absolute Gasteiger partial charge is 0.122 e. The Labute approximate surface area is 212 Å². The van der Waals surface area contributed by atoms with Gasteiger partial charge in [-0.25, -0.2) is 0 Å². The van der Waals surface area contributed by atoms with Crippen LogP contribution in [0.25, 0.3) is 0 Å². The van der Waals surface area contributed by atoms with Gasteiger partial charge in [0.2, 0.25) is 0 Å². The minimum atomic E-state index is -0.612. The van der Waals surface area contributed by atoms with E-state index >= 15 is 0 Å². The summed E-state index contributed by atoms with van der Waals surface area (Å²) >= 11 is 21.9. The first kappa shape index (κ1) is 24.0. The van der Waals surface area contributed by atoms with E-state index in [1.165, 1.54) is 0 Å². The summed E-state index contributed by atoms with van der Waals surface area (Å²) in [6, 6.07) is 21.6. The maximum atomic E-state index is 6.70. The molecule has 0 spiro atoms. The average molecular weight is 556 g/mol. The van der Waals surface area contributed by atoms with Crippen LogP contribution in [0.1, 0.15) is 23.1 Å². The molecular weight excluding hydrogens is 533 g/mol. The van der Waals surface area contributed by atoms with E-state index in [9.17, 15) is 0 Å². The maximum Gasteiger partial charge on any atom is 0.122 e. The zero-order valence-electron chi connectivity index (χ0n) is 17.3. The minimum Gasteiger partial charge on any atom is -0.369 e. The summed E-state index contributed by atoms with van der Waals surface area (Å²) in [6.45, 7) is 2.38. The number of hydrogen-bond acceptors (Lipinski definition) is 3. The lowest BCUT2D eigenvalue weighted by Gasteiger charge is -2.44. The molecule has 168 valence electrons. The number of rotatable bonds is 7. The van der Waals surface area contributed by atoms with Gasteiger partial charge in [0, 0.05) is 16.0 Å². The second-order valence-electron chi connectivity index (χ2n) is 7.81. The standard InChI is InChI=1S/C25H23BrCl3NO2/c26-20-6-1-17(2-7-20)16-32-25(19-4-8-21(27)9-5-19)11-12-30-14-24(25)31-15-18-3-10-22(28)23(29)13-18/h1-10,13,24,30H,11-12,14-16H2/t24-,25-/m0/s1. The van der Waals surface area contributed by atoms with Crippen molar-refractivity contribution in [1.82, 2.24) is 5.32 Å². The first-order chi connectivity index (χ1) is 15.5. The van der Waals surface area contributed by atoms with Gasteiger partial charge in [-0.15, -0.1) is 0 Å². The predicted octanol–water partition coefficient (Wildman–Crippen LogP) is 7.40. The van der Waals surface area contributed by atoms with Gasteiger partial charge in [0.1, 0.15) is 11.7 Å². The largest absolute Gasteiger partial charge is 0.369 e. The van der Waals surface area contributed by atoms with Crippen LogP contribution in [0.5, 0.6) is 0 Å². The van der Waals surface area contributed by atoms with Gasteiger partial charge in [0.15, 0.2) is 0 Å². The van der Waals surface area contributed by atoms with Gasteiger partial charge in [-0.2, -0.15) is 0 Å². The molecule has 1 saturated heterocycles. The molecule has 7 heteroatoms. The summed E-state index contributed by atoms with van der Waals surface area (Å²) in [5.41, 5.74) is 2.50. The second kappa shape index (κ2) is 10.9. The lowest BCUT2D eigenvalue weighted by Crippen LogP contribution is -2.54. The van der Waals surface area contributed by atoms with E-state index in [-0.39, 0.29) is 6.10 Å². The first-order valence-electron chi connectivity index (χ1n) is 10.4. The quantitative estimate of drug-likeness (QED) is 0.330. The molecule has 32 heavy (non-hydrogen) atoms. The van der Waals surface area contributed by atoms with Gasteiger partial charge >= 0.3 is 0 Å². The van der Waals surface area contributed by atoms with E-state index in [0.29, 0.717) is 34.8 Å². The van der Waals surface area contributed by atoms with Crippen LogP contribution >= 0.6 is 50.7 Å². The monoisotopic (exact) mass is 553 g/mol. The second-order valence-corrected chi connectivity index (χ2v) is 9.98. The summed E-state index contributed by atoms with van der Waals surface area (Å²) in [5, 5.41) is 5.19. The molecule has 1 fully saturated rings. The van der Waals surface area contributed by atoms with Crippen molar-refractivity contribution in [2.75, 3.05) is 13.1 Å². The number of halogens is 4. The fraction of sp³-hybridized carbons (Fsp3) is 0.280. The molecule has 1 N–H and O–H groups in total. The van der Waals surface area contributed by atoms with Crippen molar-refractivity contribution in [3.63, 3.8) is 0 Å². The fourth-order valence-electron chi connectivity index (χ4n) is 3.96. The van der Waals surface area contributed by atoms with Crippen LogP contribution in [0.2, 0.25) is 15.1 Å². The van der Waals surface area contributed by atoms with Gasteiger partial charge in [0.25, 0.3) is 0 Å². The van der Waals surface area contributed by atoms with Crippen molar-refractivity contribution in [1.29, 1.82) is 0 Å². The van der Waals surface area contributed by atoms with Crippen molar-refractivity contribution in [2.24, 2.45) is 0 Å². The summed E-state index contributed by atoms with van der Waals surface area (Å²) in [7, 11) is 0. The van der Waals surface area contributed by atoms with Crippen molar-refractivity contribution in [3.05, 3.63) is 103 Å². The number of piperidine rings is 1. The molecule has 3 aromatic carbocycles. The van der Waals surface area contributed by atoms with Crippen LogP contribution in [-0.2, 0) is 28.3 Å². The van der Waals surface area contributed by atoms with Crippen LogP contribution in [0.3, 0.4) is 0 Å². The van der Waals surface area contributed by atoms with E-state index in [2.05, 4.69) is 33.4 Å². The summed E-state index contributed by atoms with van der Waals surface area (Å²) in [4.78, 5) is 0. The molecule has 3 nitrogen and oxygen atoms in total. The Balaban J connectivity index is 1.60. The van der Waals surface area contributed by atoms with E-state index in [1.807, 2.05) is 48.5 Å². The lowest BCUT2D eigenvalue weighted by atomic mass is 9.82. The molecule has 1 aliphatic heterocycles. The highest BCUT2D eigenvalue weighted by Gasteiger charge is 2.44. The molecule has 0 bridgehead atoms. The molecule has 3 aromatic rings. The molecule has 4 rings (SSSR count). The highest BCUT2D eigenvalue weighted by Crippen LogP contribution is 2.39. The highest BCUT2D eigenvalue weighted by molar-refractivity contribution is 9.10. The maximum absolute atomic E-state index is 6.70. The van der Waals surface area contributed by atoms with Gasteiger partial charge < -0.3 is 14.8 Å². The van der Waals surface area contributed by atoms with Crippen molar-refractivity contribution >= 4 is 50.7 Å². The van der Waals surface area contributed by atoms with E-state index in [0.717, 1.165) is 34.1 Å². The Hall–Kier alpha value is -1.11. The molecule has 0 radical (unpaired) electrons. The Bertz CT molecular complexity index is 1050. The molecule has 1 aliphatic rings. The molecule has 0 aliphatic carbocycles.